The lowest BCUT2D eigenvalue weighted by Gasteiger charge is -2.42. The molecule has 2 aliphatic rings. The number of hydrogen-bond acceptors (Lipinski definition) is 1. The molecular weight excluding hydrogens is 224 g/mol. The van der Waals surface area contributed by atoms with E-state index in [0.29, 0.717) is 17.7 Å². The van der Waals surface area contributed by atoms with Crippen LogP contribution in [0.4, 0.5) is 0 Å². The lowest BCUT2D eigenvalue weighted by Crippen LogP contribution is -2.47. The van der Waals surface area contributed by atoms with Crippen molar-refractivity contribution < 1.29 is 4.79 Å². The largest absolute Gasteiger partial charge is 0.348 e. The zero-order chi connectivity index (χ0) is 12.7. The van der Waals surface area contributed by atoms with Gasteiger partial charge < -0.3 is 9.47 Å². The van der Waals surface area contributed by atoms with E-state index in [-0.39, 0.29) is 6.04 Å². The van der Waals surface area contributed by atoms with Crippen LogP contribution in [0.2, 0.25) is 0 Å². The molecule has 0 bridgehead atoms. The number of amides is 1. The van der Waals surface area contributed by atoms with E-state index in [9.17, 15) is 4.79 Å². The van der Waals surface area contributed by atoms with Gasteiger partial charge >= 0.3 is 0 Å². The monoisotopic (exact) mass is 246 g/mol. The lowest BCUT2D eigenvalue weighted by molar-refractivity contribution is -0.143. The van der Waals surface area contributed by atoms with E-state index in [1.807, 2.05) is 0 Å². The Kier molecular flexibility index (Phi) is 2.92. The van der Waals surface area contributed by atoms with E-state index < -0.39 is 0 Å². The van der Waals surface area contributed by atoms with Crippen molar-refractivity contribution in [3.05, 3.63) is 24.0 Å². The van der Waals surface area contributed by atoms with Crippen LogP contribution in [0.25, 0.3) is 0 Å². The molecule has 1 aromatic heterocycles. The average molecular weight is 246 g/mol. The molecule has 2 heterocycles. The van der Waals surface area contributed by atoms with E-state index in [1.165, 1.54) is 12.1 Å². The zero-order valence-corrected chi connectivity index (χ0v) is 11.3. The van der Waals surface area contributed by atoms with E-state index >= 15 is 0 Å². The first-order chi connectivity index (χ1) is 8.68. The van der Waals surface area contributed by atoms with Crippen molar-refractivity contribution in [1.82, 2.24) is 9.47 Å². The van der Waals surface area contributed by atoms with Gasteiger partial charge in [0.15, 0.2) is 0 Å². The van der Waals surface area contributed by atoms with Crippen molar-refractivity contribution in [2.45, 2.75) is 45.7 Å². The van der Waals surface area contributed by atoms with Gasteiger partial charge in [-0.3, -0.25) is 4.79 Å². The van der Waals surface area contributed by atoms with Crippen LogP contribution in [0.3, 0.4) is 0 Å². The molecular formula is C15H22N2O. The van der Waals surface area contributed by atoms with Gasteiger partial charge in [0.05, 0.1) is 6.04 Å². The fourth-order valence-electron chi connectivity index (χ4n) is 3.25. The molecule has 3 heteroatoms. The molecule has 3 nitrogen and oxygen atoms in total. The van der Waals surface area contributed by atoms with E-state index in [0.717, 1.165) is 25.9 Å². The highest BCUT2D eigenvalue weighted by Gasteiger charge is 2.37. The molecule has 1 aliphatic heterocycles. The van der Waals surface area contributed by atoms with Crippen LogP contribution in [0.1, 0.15) is 44.8 Å². The molecule has 1 aliphatic carbocycles. The highest BCUT2D eigenvalue weighted by atomic mass is 16.2. The fraction of sp³-hybridized carbons (Fsp3) is 0.667. The summed E-state index contributed by atoms with van der Waals surface area (Å²) in [6.45, 7) is 6.26. The van der Waals surface area contributed by atoms with Crippen LogP contribution >= 0.6 is 0 Å². The minimum absolute atomic E-state index is 0.266. The Bertz CT molecular complexity index is 445. The Hall–Kier alpha value is -1.25. The molecule has 18 heavy (non-hydrogen) atoms. The van der Waals surface area contributed by atoms with Gasteiger partial charge in [0.1, 0.15) is 0 Å². The highest BCUT2D eigenvalue weighted by molar-refractivity contribution is 5.80. The summed E-state index contributed by atoms with van der Waals surface area (Å²) in [6, 6.07) is 4.54. The van der Waals surface area contributed by atoms with Gasteiger partial charge in [-0.2, -0.15) is 0 Å². The molecule has 98 valence electrons. The summed E-state index contributed by atoms with van der Waals surface area (Å²) in [5.74, 6) is 1.18. The van der Waals surface area contributed by atoms with Crippen molar-refractivity contribution in [3.8, 4) is 0 Å². The maximum Gasteiger partial charge on any atom is 0.226 e. The quantitative estimate of drug-likeness (QED) is 0.787. The second-order valence-corrected chi connectivity index (χ2v) is 5.97. The predicted molar refractivity (Wildman–Crippen MR) is 71.1 cm³/mol. The number of aromatic nitrogens is 1. The summed E-state index contributed by atoms with van der Waals surface area (Å²) in [4.78, 5) is 14.7. The summed E-state index contributed by atoms with van der Waals surface area (Å²) >= 11 is 0. The third-order valence-electron chi connectivity index (χ3n) is 4.45. The van der Waals surface area contributed by atoms with E-state index in [4.69, 9.17) is 0 Å². The van der Waals surface area contributed by atoms with Gasteiger partial charge in [-0.1, -0.05) is 20.3 Å². The number of carbonyl (C=O) groups is 1. The maximum atomic E-state index is 12.5. The van der Waals surface area contributed by atoms with Gasteiger partial charge in [0.25, 0.3) is 0 Å². The van der Waals surface area contributed by atoms with Crippen LogP contribution in [0.5, 0.6) is 0 Å². The van der Waals surface area contributed by atoms with Gasteiger partial charge in [0, 0.05) is 30.9 Å². The van der Waals surface area contributed by atoms with Gasteiger partial charge in [-0.25, -0.2) is 0 Å². The minimum Gasteiger partial charge on any atom is -0.348 e. The van der Waals surface area contributed by atoms with Crippen LogP contribution in [-0.2, 0) is 11.3 Å². The summed E-state index contributed by atoms with van der Waals surface area (Å²) in [7, 11) is 0. The second-order valence-electron chi connectivity index (χ2n) is 5.97. The molecule has 1 saturated carbocycles. The molecule has 0 N–H and O–H groups in total. The summed E-state index contributed by atoms with van der Waals surface area (Å²) < 4.78 is 2.30. The Morgan fingerprint density at radius 2 is 2.11 bits per heavy atom. The fourth-order valence-corrected chi connectivity index (χ4v) is 3.25. The normalized spacial score (nSPS) is 23.9. The Balaban J connectivity index is 1.88. The Labute approximate surface area is 109 Å². The summed E-state index contributed by atoms with van der Waals surface area (Å²) in [5, 5.41) is 0. The number of fused-ring (bicyclic) bond motifs is 1. The third-order valence-corrected chi connectivity index (χ3v) is 4.45. The smallest absolute Gasteiger partial charge is 0.226 e. The van der Waals surface area contributed by atoms with Crippen LogP contribution in [0.15, 0.2) is 18.3 Å². The lowest BCUT2D eigenvalue weighted by atomic mass is 9.83. The molecule has 1 fully saturated rings. The Morgan fingerprint density at radius 3 is 2.72 bits per heavy atom. The second kappa shape index (κ2) is 4.45. The van der Waals surface area contributed by atoms with Crippen molar-refractivity contribution in [2.75, 3.05) is 6.54 Å². The standard InChI is InChI=1S/C15H22N2O/c1-11(2)14-13-7-4-8-16(13)9-10-17(14)15(18)12-5-3-6-12/h4,7-8,11-12,14H,3,5-6,9-10H2,1-2H3. The molecule has 0 spiro atoms. The van der Waals surface area contributed by atoms with Gasteiger partial charge in [-0.15, -0.1) is 0 Å². The molecule has 1 aromatic rings. The molecule has 1 unspecified atom stereocenters. The summed E-state index contributed by atoms with van der Waals surface area (Å²) in [5.41, 5.74) is 1.31. The molecule has 1 amide bonds. The number of rotatable bonds is 2. The van der Waals surface area contributed by atoms with Crippen molar-refractivity contribution in [3.63, 3.8) is 0 Å². The topological polar surface area (TPSA) is 25.2 Å². The first kappa shape index (κ1) is 11.8. The number of hydrogen-bond donors (Lipinski definition) is 0. The third kappa shape index (κ3) is 1.76. The molecule has 3 rings (SSSR count). The van der Waals surface area contributed by atoms with Gasteiger partial charge in [0.2, 0.25) is 5.91 Å². The maximum absolute atomic E-state index is 12.5. The average Bonchev–Trinajstić information content (AvgIpc) is 2.72. The molecule has 0 aromatic carbocycles. The zero-order valence-electron chi connectivity index (χ0n) is 11.3. The molecule has 1 atom stereocenters. The van der Waals surface area contributed by atoms with Crippen LogP contribution in [0, 0.1) is 11.8 Å². The number of nitrogens with zero attached hydrogens (tertiary/aromatic N) is 2. The first-order valence-corrected chi connectivity index (χ1v) is 7.14. The van der Waals surface area contributed by atoms with E-state index in [2.05, 4.69) is 41.6 Å². The van der Waals surface area contributed by atoms with Crippen LogP contribution < -0.4 is 0 Å². The highest BCUT2D eigenvalue weighted by Crippen LogP contribution is 2.36. The molecule has 0 saturated heterocycles. The van der Waals surface area contributed by atoms with Crippen molar-refractivity contribution in [1.29, 1.82) is 0 Å². The van der Waals surface area contributed by atoms with E-state index in [1.54, 1.807) is 0 Å². The Morgan fingerprint density at radius 1 is 1.33 bits per heavy atom. The predicted octanol–water partition coefficient (Wildman–Crippen LogP) is 2.83. The summed E-state index contributed by atoms with van der Waals surface area (Å²) in [6.07, 6.45) is 5.56. The first-order valence-electron chi connectivity index (χ1n) is 7.14. The number of carbonyl (C=O) groups excluding carboxylic acids is 1. The SMILES string of the molecule is CC(C)C1c2cccn2CCN1C(=O)C1CCC1. The minimum atomic E-state index is 0.266. The van der Waals surface area contributed by atoms with Crippen LogP contribution in [-0.4, -0.2) is 21.9 Å². The van der Waals surface area contributed by atoms with Crippen molar-refractivity contribution >= 4 is 5.91 Å². The van der Waals surface area contributed by atoms with Crippen molar-refractivity contribution in [2.24, 2.45) is 11.8 Å². The molecule has 0 radical (unpaired) electrons. The van der Waals surface area contributed by atoms with Gasteiger partial charge in [-0.05, 0) is 30.9 Å².